The van der Waals surface area contributed by atoms with E-state index in [9.17, 15) is 10.5 Å². The minimum Gasteiger partial charge on any atom is -0.309 e. The first-order chi connectivity index (χ1) is 23.2. The number of para-hydroxylation sites is 1. The Labute approximate surface area is 271 Å². The van der Waals surface area contributed by atoms with Crippen LogP contribution in [0.5, 0.6) is 0 Å². The maximum Gasteiger partial charge on any atom is 0.165 e. The van der Waals surface area contributed by atoms with Crippen LogP contribution in [-0.4, -0.2) is 19.5 Å². The Hall–Kier alpha value is -6.89. The summed E-state index contributed by atoms with van der Waals surface area (Å²) in [5, 5.41) is 21.9. The predicted molar refractivity (Wildman–Crippen MR) is 185 cm³/mol. The summed E-state index contributed by atoms with van der Waals surface area (Å²) in [6.45, 7) is 0. The zero-order chi connectivity index (χ0) is 31.7. The summed E-state index contributed by atoms with van der Waals surface area (Å²) in [4.78, 5) is 14.5. The van der Waals surface area contributed by atoms with Gasteiger partial charge in [-0.1, -0.05) is 97.1 Å². The van der Waals surface area contributed by atoms with Gasteiger partial charge in [-0.2, -0.15) is 10.5 Å². The smallest absolute Gasteiger partial charge is 0.165 e. The van der Waals surface area contributed by atoms with Gasteiger partial charge in [0.25, 0.3) is 0 Å². The number of rotatable bonds is 5. The molecule has 0 bridgehead atoms. The molecular formula is C41H24N6. The average molecular weight is 601 g/mol. The van der Waals surface area contributed by atoms with Crippen molar-refractivity contribution in [2.75, 3.05) is 0 Å². The van der Waals surface area contributed by atoms with E-state index in [-0.39, 0.29) is 0 Å². The summed E-state index contributed by atoms with van der Waals surface area (Å²) in [6, 6.07) is 52.4. The van der Waals surface area contributed by atoms with E-state index in [0.717, 1.165) is 49.7 Å². The fourth-order valence-electron chi connectivity index (χ4n) is 6.06. The van der Waals surface area contributed by atoms with Gasteiger partial charge in [0.2, 0.25) is 0 Å². The topological polar surface area (TPSA) is 91.2 Å². The highest BCUT2D eigenvalue weighted by atomic mass is 15.0. The minimum atomic E-state index is 0.440. The van der Waals surface area contributed by atoms with Gasteiger partial charge in [0, 0.05) is 33.2 Å². The standard InChI is InChI=1S/C41H24N6/c42-25-27-15-17-28(18-16-27)31-19-22-38-36(24-31)35-13-7-8-14-37(35)47(38)33-20-21-34(32(23-33)26-43)41-45-39(29-9-3-1-4-10-29)44-40(46-41)30-11-5-2-6-12-30/h1-24H. The normalized spacial score (nSPS) is 10.9. The monoisotopic (exact) mass is 600 g/mol. The van der Waals surface area contributed by atoms with Crippen molar-refractivity contribution in [2.45, 2.75) is 0 Å². The molecule has 6 nitrogen and oxygen atoms in total. The van der Waals surface area contributed by atoms with Crippen LogP contribution in [0, 0.1) is 22.7 Å². The van der Waals surface area contributed by atoms with Gasteiger partial charge >= 0.3 is 0 Å². The molecule has 8 rings (SSSR count). The van der Waals surface area contributed by atoms with Crippen LogP contribution in [0.1, 0.15) is 11.1 Å². The first-order valence-corrected chi connectivity index (χ1v) is 15.2. The second-order valence-corrected chi connectivity index (χ2v) is 11.2. The average Bonchev–Trinajstić information content (AvgIpc) is 3.49. The highest BCUT2D eigenvalue weighted by Gasteiger charge is 2.18. The molecule has 0 saturated carbocycles. The van der Waals surface area contributed by atoms with Crippen molar-refractivity contribution < 1.29 is 0 Å². The molecule has 0 spiro atoms. The van der Waals surface area contributed by atoms with Crippen molar-refractivity contribution >= 4 is 21.8 Å². The number of fused-ring (bicyclic) bond motifs is 3. The lowest BCUT2D eigenvalue weighted by Gasteiger charge is -2.12. The molecule has 0 atom stereocenters. The highest BCUT2D eigenvalue weighted by molar-refractivity contribution is 6.10. The first-order valence-electron chi connectivity index (χ1n) is 15.2. The van der Waals surface area contributed by atoms with Gasteiger partial charge in [-0.25, -0.2) is 15.0 Å². The molecule has 0 aliphatic rings. The van der Waals surface area contributed by atoms with E-state index >= 15 is 0 Å². The SMILES string of the molecule is N#Cc1ccc(-c2ccc3c(c2)c2ccccc2n3-c2ccc(-c3nc(-c4ccccc4)nc(-c4ccccc4)n3)c(C#N)c2)cc1. The molecule has 8 aromatic rings. The molecule has 0 aliphatic heterocycles. The van der Waals surface area contributed by atoms with E-state index in [1.807, 2.05) is 115 Å². The molecule has 2 heterocycles. The molecule has 0 aliphatic carbocycles. The molecule has 47 heavy (non-hydrogen) atoms. The quantitative estimate of drug-likeness (QED) is 0.196. The first kappa shape index (κ1) is 27.6. The second kappa shape index (κ2) is 11.6. The zero-order valence-electron chi connectivity index (χ0n) is 25.0. The van der Waals surface area contributed by atoms with Crippen molar-refractivity contribution in [2.24, 2.45) is 0 Å². The van der Waals surface area contributed by atoms with Gasteiger partial charge < -0.3 is 4.57 Å². The lowest BCUT2D eigenvalue weighted by Crippen LogP contribution is -2.02. The fraction of sp³-hybridized carbons (Fsp3) is 0. The molecule has 0 saturated heterocycles. The fourth-order valence-corrected chi connectivity index (χ4v) is 6.06. The van der Waals surface area contributed by atoms with Crippen LogP contribution >= 0.6 is 0 Å². The van der Waals surface area contributed by atoms with Crippen LogP contribution < -0.4 is 0 Å². The molecule has 0 fully saturated rings. The Morgan fingerprint density at radius 1 is 0.447 bits per heavy atom. The highest BCUT2D eigenvalue weighted by Crippen LogP contribution is 2.36. The summed E-state index contributed by atoms with van der Waals surface area (Å²) in [6.07, 6.45) is 0. The Morgan fingerprint density at radius 3 is 1.70 bits per heavy atom. The Kier molecular flexibility index (Phi) is 6.80. The molecular weight excluding hydrogens is 576 g/mol. The zero-order valence-corrected chi connectivity index (χ0v) is 25.0. The lowest BCUT2D eigenvalue weighted by molar-refractivity contribution is 1.07. The maximum atomic E-state index is 10.5. The summed E-state index contributed by atoms with van der Waals surface area (Å²) >= 11 is 0. The number of hydrogen-bond acceptors (Lipinski definition) is 5. The van der Waals surface area contributed by atoms with Gasteiger partial charge in [0.15, 0.2) is 17.5 Å². The van der Waals surface area contributed by atoms with E-state index in [1.54, 1.807) is 0 Å². The van der Waals surface area contributed by atoms with Crippen molar-refractivity contribution in [3.05, 3.63) is 157 Å². The summed E-state index contributed by atoms with van der Waals surface area (Å²) < 4.78 is 2.19. The number of benzene rings is 6. The third-order valence-electron chi connectivity index (χ3n) is 8.34. The number of nitriles is 2. The Balaban J connectivity index is 1.28. The maximum absolute atomic E-state index is 10.5. The van der Waals surface area contributed by atoms with Gasteiger partial charge in [-0.05, 0) is 59.7 Å². The largest absolute Gasteiger partial charge is 0.309 e. The molecule has 218 valence electrons. The van der Waals surface area contributed by atoms with Crippen LogP contribution in [0.25, 0.3) is 72.8 Å². The van der Waals surface area contributed by atoms with Crippen LogP contribution in [-0.2, 0) is 0 Å². The van der Waals surface area contributed by atoms with Gasteiger partial charge in [-0.3, -0.25) is 0 Å². The molecule has 0 radical (unpaired) electrons. The van der Waals surface area contributed by atoms with Crippen molar-refractivity contribution in [3.63, 3.8) is 0 Å². The van der Waals surface area contributed by atoms with Crippen LogP contribution in [0.2, 0.25) is 0 Å². The molecule has 0 amide bonds. The van der Waals surface area contributed by atoms with Crippen LogP contribution in [0.3, 0.4) is 0 Å². The predicted octanol–water partition coefficient (Wildman–Crippen LogP) is 9.38. The number of aromatic nitrogens is 4. The van der Waals surface area contributed by atoms with Crippen molar-refractivity contribution in [3.8, 4) is 63.1 Å². The number of nitrogens with zero attached hydrogens (tertiary/aromatic N) is 6. The molecule has 6 heteroatoms. The van der Waals surface area contributed by atoms with Gasteiger partial charge in [0.1, 0.15) is 0 Å². The van der Waals surface area contributed by atoms with Crippen LogP contribution in [0.15, 0.2) is 146 Å². The van der Waals surface area contributed by atoms with E-state index < -0.39 is 0 Å². The summed E-state index contributed by atoms with van der Waals surface area (Å²) in [7, 11) is 0. The molecule has 0 N–H and O–H groups in total. The summed E-state index contributed by atoms with van der Waals surface area (Å²) in [5.74, 6) is 1.53. The second-order valence-electron chi connectivity index (χ2n) is 11.2. The van der Waals surface area contributed by atoms with Crippen molar-refractivity contribution in [1.82, 2.24) is 19.5 Å². The Morgan fingerprint density at radius 2 is 1.04 bits per heavy atom. The van der Waals surface area contributed by atoms with E-state index in [2.05, 4.69) is 47.0 Å². The van der Waals surface area contributed by atoms with E-state index in [1.165, 1.54) is 0 Å². The summed E-state index contributed by atoms with van der Waals surface area (Å²) in [5.41, 5.74) is 8.51. The van der Waals surface area contributed by atoms with Gasteiger partial charge in [0.05, 0.1) is 34.3 Å². The molecule has 6 aromatic carbocycles. The minimum absolute atomic E-state index is 0.440. The van der Waals surface area contributed by atoms with Crippen LogP contribution in [0.4, 0.5) is 0 Å². The third-order valence-corrected chi connectivity index (χ3v) is 8.34. The molecule has 0 unspecified atom stereocenters. The lowest BCUT2D eigenvalue weighted by atomic mass is 10.0. The third kappa shape index (κ3) is 4.97. The number of hydrogen-bond donors (Lipinski definition) is 0. The van der Waals surface area contributed by atoms with E-state index in [4.69, 9.17) is 15.0 Å². The van der Waals surface area contributed by atoms with Crippen molar-refractivity contribution in [1.29, 1.82) is 10.5 Å². The molecule has 2 aromatic heterocycles. The van der Waals surface area contributed by atoms with Gasteiger partial charge in [-0.15, -0.1) is 0 Å². The Bertz CT molecular complexity index is 2460. The van der Waals surface area contributed by atoms with E-state index in [0.29, 0.717) is 34.2 Å².